The largest absolute Gasteiger partial charge is 0.478 e. The third-order valence-electron chi connectivity index (χ3n) is 5.95. The van der Waals surface area contributed by atoms with Crippen molar-refractivity contribution >= 4 is 51.3 Å². The van der Waals surface area contributed by atoms with Gasteiger partial charge in [-0.05, 0) is 47.8 Å². The van der Waals surface area contributed by atoms with Crippen LogP contribution in [0, 0.1) is 0 Å². The summed E-state index contributed by atoms with van der Waals surface area (Å²) >= 11 is 1.53. The van der Waals surface area contributed by atoms with Crippen molar-refractivity contribution in [2.75, 3.05) is 41.3 Å². The Bertz CT molecular complexity index is 1320. The molecule has 4 aromatic rings. The van der Waals surface area contributed by atoms with E-state index in [-0.39, 0.29) is 17.9 Å². The number of thiophene rings is 1. The summed E-state index contributed by atoms with van der Waals surface area (Å²) in [6.45, 7) is 3.18. The molecule has 0 atom stereocenters. The second-order valence-corrected chi connectivity index (χ2v) is 9.21. The molecule has 0 radical (unpaired) electrons. The highest BCUT2D eigenvalue weighted by molar-refractivity contribution is 7.10. The van der Waals surface area contributed by atoms with Gasteiger partial charge in [-0.3, -0.25) is 4.79 Å². The number of carboxylic acids is 1. The number of carbonyl (C=O) groups excluding carboxylic acids is 1. The Kier molecular flexibility index (Phi) is 6.14. The molecule has 5 rings (SSSR count). The Morgan fingerprint density at radius 2 is 1.71 bits per heavy atom. The number of hydrogen-bond acceptors (Lipinski definition) is 6. The van der Waals surface area contributed by atoms with Gasteiger partial charge < -0.3 is 20.2 Å². The Balaban J connectivity index is 1.35. The molecule has 0 aliphatic carbocycles. The van der Waals surface area contributed by atoms with Gasteiger partial charge >= 0.3 is 5.97 Å². The number of para-hydroxylation sites is 1. The number of rotatable bonds is 6. The number of anilines is 3. The number of aromatic nitrogens is 1. The van der Waals surface area contributed by atoms with Crippen LogP contribution in [-0.2, 0) is 11.2 Å². The number of aromatic carboxylic acids is 1. The van der Waals surface area contributed by atoms with E-state index in [2.05, 4.69) is 27.2 Å². The van der Waals surface area contributed by atoms with Crippen LogP contribution in [0.4, 0.5) is 17.2 Å². The molecular formula is C26H24N4O3S. The van der Waals surface area contributed by atoms with E-state index in [4.69, 9.17) is 4.98 Å². The maximum absolute atomic E-state index is 12.4. The predicted octanol–water partition coefficient (Wildman–Crippen LogP) is 4.50. The van der Waals surface area contributed by atoms with E-state index in [0.717, 1.165) is 31.1 Å². The number of nitrogens with zero attached hydrogens (tertiary/aromatic N) is 3. The van der Waals surface area contributed by atoms with Crippen molar-refractivity contribution in [3.8, 4) is 0 Å². The van der Waals surface area contributed by atoms with Gasteiger partial charge in [-0.15, -0.1) is 11.3 Å². The summed E-state index contributed by atoms with van der Waals surface area (Å²) in [6.07, 6.45) is 0.285. The number of piperazine rings is 1. The van der Waals surface area contributed by atoms with Crippen molar-refractivity contribution in [1.82, 2.24) is 4.98 Å². The third-order valence-corrected chi connectivity index (χ3v) is 6.83. The standard InChI is InChI=1S/C26H24N4O3S/c31-25(16-20-7-4-14-34-20)27-18-8-9-23-21(15-18)22(26(32)33)17-24(28-23)30-12-10-29(11-13-30)19-5-2-1-3-6-19/h1-9,14-15,17H,10-13,16H2,(H,27,31)(H,32,33). The van der Waals surface area contributed by atoms with E-state index in [1.165, 1.54) is 17.0 Å². The Morgan fingerprint density at radius 1 is 0.941 bits per heavy atom. The lowest BCUT2D eigenvalue weighted by Crippen LogP contribution is -2.46. The van der Waals surface area contributed by atoms with E-state index >= 15 is 0 Å². The zero-order valence-corrected chi connectivity index (χ0v) is 19.3. The van der Waals surface area contributed by atoms with Crippen LogP contribution in [0.5, 0.6) is 0 Å². The van der Waals surface area contributed by atoms with Crippen molar-refractivity contribution in [2.24, 2.45) is 0 Å². The molecule has 0 bridgehead atoms. The number of fused-ring (bicyclic) bond motifs is 1. The Hall–Kier alpha value is -3.91. The summed E-state index contributed by atoms with van der Waals surface area (Å²) in [5.41, 5.74) is 2.52. The molecule has 0 saturated carbocycles. The summed E-state index contributed by atoms with van der Waals surface area (Å²) in [5, 5.41) is 15.2. The zero-order valence-electron chi connectivity index (χ0n) is 18.5. The first-order chi connectivity index (χ1) is 16.6. The summed E-state index contributed by atoms with van der Waals surface area (Å²) in [6, 6.07) is 21.0. The average molecular weight is 473 g/mol. The minimum atomic E-state index is -1.02. The molecule has 2 N–H and O–H groups in total. The van der Waals surface area contributed by atoms with Crippen molar-refractivity contribution in [3.63, 3.8) is 0 Å². The fourth-order valence-electron chi connectivity index (χ4n) is 4.24. The van der Waals surface area contributed by atoms with Crippen LogP contribution in [-0.4, -0.2) is 48.1 Å². The third kappa shape index (κ3) is 4.72. The van der Waals surface area contributed by atoms with E-state index in [9.17, 15) is 14.7 Å². The molecule has 2 aromatic carbocycles. The molecule has 7 nitrogen and oxygen atoms in total. The van der Waals surface area contributed by atoms with Crippen LogP contribution >= 0.6 is 11.3 Å². The molecule has 34 heavy (non-hydrogen) atoms. The summed E-state index contributed by atoms with van der Waals surface area (Å²) in [4.78, 5) is 34.6. The van der Waals surface area contributed by atoms with Crippen molar-refractivity contribution in [1.29, 1.82) is 0 Å². The highest BCUT2D eigenvalue weighted by atomic mass is 32.1. The number of amides is 1. The molecule has 172 valence electrons. The number of carbonyl (C=O) groups is 2. The second kappa shape index (κ2) is 9.52. The minimum absolute atomic E-state index is 0.139. The molecule has 1 saturated heterocycles. The first-order valence-corrected chi connectivity index (χ1v) is 12.0. The van der Waals surface area contributed by atoms with Crippen LogP contribution in [0.1, 0.15) is 15.2 Å². The molecule has 8 heteroatoms. The average Bonchev–Trinajstić information content (AvgIpc) is 3.37. The predicted molar refractivity (Wildman–Crippen MR) is 136 cm³/mol. The van der Waals surface area contributed by atoms with Gasteiger partial charge in [-0.1, -0.05) is 24.3 Å². The van der Waals surface area contributed by atoms with E-state index in [0.29, 0.717) is 22.4 Å². The van der Waals surface area contributed by atoms with Crippen molar-refractivity contribution in [2.45, 2.75) is 6.42 Å². The van der Waals surface area contributed by atoms with E-state index < -0.39 is 5.97 Å². The van der Waals surface area contributed by atoms with Crippen LogP contribution in [0.25, 0.3) is 10.9 Å². The van der Waals surface area contributed by atoms with Gasteiger partial charge in [0.2, 0.25) is 5.91 Å². The van der Waals surface area contributed by atoms with Crippen LogP contribution < -0.4 is 15.1 Å². The van der Waals surface area contributed by atoms with E-state index in [1.807, 2.05) is 35.7 Å². The van der Waals surface area contributed by atoms with Crippen molar-refractivity contribution < 1.29 is 14.7 Å². The molecule has 1 amide bonds. The molecule has 2 aromatic heterocycles. The lowest BCUT2D eigenvalue weighted by molar-refractivity contribution is -0.115. The molecule has 1 fully saturated rings. The molecule has 1 aliphatic rings. The summed E-state index contributed by atoms with van der Waals surface area (Å²) in [7, 11) is 0. The first kappa shape index (κ1) is 21.9. The lowest BCUT2D eigenvalue weighted by atomic mass is 10.1. The monoisotopic (exact) mass is 472 g/mol. The van der Waals surface area contributed by atoms with Gasteiger partial charge in [0, 0.05) is 47.8 Å². The van der Waals surface area contributed by atoms with Gasteiger partial charge in [0.25, 0.3) is 0 Å². The van der Waals surface area contributed by atoms with Crippen LogP contribution in [0.3, 0.4) is 0 Å². The van der Waals surface area contributed by atoms with Gasteiger partial charge in [0.15, 0.2) is 0 Å². The van der Waals surface area contributed by atoms with Gasteiger partial charge in [-0.2, -0.15) is 0 Å². The lowest BCUT2D eigenvalue weighted by Gasteiger charge is -2.37. The molecule has 0 spiro atoms. The second-order valence-electron chi connectivity index (χ2n) is 8.18. The topological polar surface area (TPSA) is 85.8 Å². The quantitative estimate of drug-likeness (QED) is 0.430. The normalized spacial score (nSPS) is 13.8. The van der Waals surface area contributed by atoms with Crippen molar-refractivity contribution in [3.05, 3.63) is 82.6 Å². The zero-order chi connectivity index (χ0) is 23.5. The van der Waals surface area contributed by atoms with Gasteiger partial charge in [0.05, 0.1) is 17.5 Å². The number of benzene rings is 2. The van der Waals surface area contributed by atoms with E-state index in [1.54, 1.807) is 24.3 Å². The Labute approximate surface area is 201 Å². The molecule has 1 aliphatic heterocycles. The summed E-state index contributed by atoms with van der Waals surface area (Å²) < 4.78 is 0. The number of pyridine rings is 1. The maximum Gasteiger partial charge on any atom is 0.336 e. The minimum Gasteiger partial charge on any atom is -0.478 e. The number of hydrogen-bond donors (Lipinski definition) is 2. The fourth-order valence-corrected chi connectivity index (χ4v) is 4.94. The van der Waals surface area contributed by atoms with Gasteiger partial charge in [0.1, 0.15) is 5.82 Å². The first-order valence-electron chi connectivity index (χ1n) is 11.1. The van der Waals surface area contributed by atoms with Crippen LogP contribution in [0.15, 0.2) is 72.1 Å². The highest BCUT2D eigenvalue weighted by Crippen LogP contribution is 2.27. The Morgan fingerprint density at radius 3 is 2.41 bits per heavy atom. The summed E-state index contributed by atoms with van der Waals surface area (Å²) in [5.74, 6) is -0.495. The maximum atomic E-state index is 12.4. The van der Waals surface area contributed by atoms with Gasteiger partial charge in [-0.25, -0.2) is 9.78 Å². The highest BCUT2D eigenvalue weighted by Gasteiger charge is 2.21. The molecular weight excluding hydrogens is 448 g/mol. The van der Waals surface area contributed by atoms with Crippen LogP contribution in [0.2, 0.25) is 0 Å². The SMILES string of the molecule is O=C(Cc1cccs1)Nc1ccc2nc(N3CCN(c4ccccc4)CC3)cc(C(=O)O)c2c1. The smallest absolute Gasteiger partial charge is 0.336 e. The number of carboxylic acid groups (broad SMARTS) is 1. The molecule has 3 heterocycles. The number of nitrogens with one attached hydrogen (secondary N) is 1. The fraction of sp³-hybridized carbons (Fsp3) is 0.192. The molecule has 0 unspecified atom stereocenters.